The molecule has 0 bridgehead atoms. The maximum Gasteiger partial charge on any atom is 0.309 e. The van der Waals surface area contributed by atoms with Crippen molar-refractivity contribution in [2.75, 3.05) is 0 Å². The first-order chi connectivity index (χ1) is 7.75. The number of carboxylic acid groups (broad SMARTS) is 1. The summed E-state index contributed by atoms with van der Waals surface area (Å²) in [6, 6.07) is 3.60. The predicted molar refractivity (Wildman–Crippen MR) is 56.6 cm³/mol. The fraction of sp³-hybridized carbons (Fsp3) is 0.0909. The van der Waals surface area contributed by atoms with Gasteiger partial charge in [0.15, 0.2) is 0 Å². The van der Waals surface area contributed by atoms with Gasteiger partial charge in [0, 0.05) is 24.2 Å². The van der Waals surface area contributed by atoms with Crippen molar-refractivity contribution in [3.05, 3.63) is 42.6 Å². The summed E-state index contributed by atoms with van der Waals surface area (Å²) in [5.41, 5.74) is 1.97. The first-order valence-corrected chi connectivity index (χ1v) is 4.69. The molecule has 0 spiro atoms. The molecule has 80 valence electrons. The van der Waals surface area contributed by atoms with Gasteiger partial charge in [0.25, 0.3) is 0 Å². The van der Waals surface area contributed by atoms with Gasteiger partial charge in [0.2, 0.25) is 0 Å². The van der Waals surface area contributed by atoms with Crippen LogP contribution in [0.25, 0.3) is 11.3 Å². The van der Waals surface area contributed by atoms with Crippen LogP contribution in [0, 0.1) is 0 Å². The second-order valence-electron chi connectivity index (χ2n) is 3.20. The van der Waals surface area contributed by atoms with Crippen LogP contribution >= 0.6 is 0 Å². The van der Waals surface area contributed by atoms with Crippen LogP contribution in [0.1, 0.15) is 5.69 Å². The highest BCUT2D eigenvalue weighted by Crippen LogP contribution is 2.14. The number of rotatable bonds is 3. The number of nitrogens with zero attached hydrogens (tertiary/aromatic N) is 3. The molecule has 0 atom stereocenters. The monoisotopic (exact) mass is 215 g/mol. The van der Waals surface area contributed by atoms with Gasteiger partial charge in [0.1, 0.15) is 0 Å². The largest absolute Gasteiger partial charge is 0.481 e. The third-order valence-corrected chi connectivity index (χ3v) is 1.99. The summed E-state index contributed by atoms with van der Waals surface area (Å²) in [5, 5.41) is 8.65. The van der Waals surface area contributed by atoms with Crippen molar-refractivity contribution in [3.8, 4) is 11.3 Å². The molecule has 0 radical (unpaired) electrons. The number of hydrogen-bond donors (Lipinski definition) is 1. The Morgan fingerprint density at radius 1 is 1.19 bits per heavy atom. The van der Waals surface area contributed by atoms with Crippen LogP contribution in [-0.4, -0.2) is 26.0 Å². The molecule has 0 unspecified atom stereocenters. The van der Waals surface area contributed by atoms with Crippen LogP contribution < -0.4 is 0 Å². The van der Waals surface area contributed by atoms with Crippen LogP contribution in [0.5, 0.6) is 0 Å². The van der Waals surface area contributed by atoms with Gasteiger partial charge in [-0.25, -0.2) is 4.98 Å². The van der Waals surface area contributed by atoms with Crippen molar-refractivity contribution >= 4 is 5.97 Å². The van der Waals surface area contributed by atoms with E-state index in [1.807, 2.05) is 0 Å². The number of carbonyl (C=O) groups is 1. The highest BCUT2D eigenvalue weighted by Gasteiger charge is 2.05. The molecular formula is C11H9N3O2. The second kappa shape index (κ2) is 4.48. The van der Waals surface area contributed by atoms with Crippen molar-refractivity contribution in [2.24, 2.45) is 0 Å². The Bertz CT molecular complexity index is 500. The summed E-state index contributed by atoms with van der Waals surface area (Å²) in [4.78, 5) is 22.6. The summed E-state index contributed by atoms with van der Waals surface area (Å²) in [6.07, 6.45) is 6.24. The second-order valence-corrected chi connectivity index (χ2v) is 3.20. The van der Waals surface area contributed by atoms with Gasteiger partial charge in [-0.2, -0.15) is 0 Å². The molecule has 1 N–H and O–H groups in total. The molecule has 2 rings (SSSR count). The van der Waals surface area contributed by atoms with Crippen molar-refractivity contribution in [2.45, 2.75) is 6.42 Å². The van der Waals surface area contributed by atoms with Crippen LogP contribution in [0.15, 0.2) is 36.9 Å². The zero-order chi connectivity index (χ0) is 11.4. The van der Waals surface area contributed by atoms with E-state index < -0.39 is 5.97 Å². The molecule has 2 aromatic rings. The van der Waals surface area contributed by atoms with Crippen LogP contribution in [-0.2, 0) is 11.2 Å². The Morgan fingerprint density at radius 2 is 1.94 bits per heavy atom. The van der Waals surface area contributed by atoms with Gasteiger partial charge >= 0.3 is 5.97 Å². The van der Waals surface area contributed by atoms with Gasteiger partial charge < -0.3 is 5.11 Å². The molecule has 0 aliphatic carbocycles. The lowest BCUT2D eigenvalue weighted by Crippen LogP contribution is -2.03. The number of aliphatic carboxylic acids is 1. The van der Waals surface area contributed by atoms with Crippen molar-refractivity contribution in [1.29, 1.82) is 0 Å². The predicted octanol–water partition coefficient (Wildman–Crippen LogP) is 1.17. The molecule has 0 amide bonds. The fourth-order valence-corrected chi connectivity index (χ4v) is 1.31. The average molecular weight is 215 g/mol. The van der Waals surface area contributed by atoms with Gasteiger partial charge in [-0.1, -0.05) is 0 Å². The lowest BCUT2D eigenvalue weighted by Gasteiger charge is -2.01. The summed E-state index contributed by atoms with van der Waals surface area (Å²) in [5.74, 6) is -0.916. The summed E-state index contributed by atoms with van der Waals surface area (Å²) < 4.78 is 0. The van der Waals surface area contributed by atoms with E-state index in [1.54, 1.807) is 30.7 Å². The lowest BCUT2D eigenvalue weighted by atomic mass is 10.2. The quantitative estimate of drug-likeness (QED) is 0.831. The van der Waals surface area contributed by atoms with E-state index in [4.69, 9.17) is 5.11 Å². The molecule has 5 heteroatoms. The van der Waals surface area contributed by atoms with E-state index in [0.29, 0.717) is 11.4 Å². The van der Waals surface area contributed by atoms with Gasteiger partial charge in [0.05, 0.1) is 24.0 Å². The van der Waals surface area contributed by atoms with Crippen LogP contribution in [0.2, 0.25) is 0 Å². The van der Waals surface area contributed by atoms with Gasteiger partial charge in [-0.15, -0.1) is 0 Å². The lowest BCUT2D eigenvalue weighted by molar-refractivity contribution is -0.136. The standard InChI is InChI=1S/C11H9N3O2/c15-11(16)5-9-6-13-7-10(14-9)8-1-3-12-4-2-8/h1-4,6-7H,5H2,(H,15,16). The molecular weight excluding hydrogens is 206 g/mol. The Hall–Kier alpha value is -2.30. The molecule has 0 saturated heterocycles. The molecule has 0 saturated carbocycles. The average Bonchev–Trinajstić information content (AvgIpc) is 2.30. The molecule has 0 aliphatic rings. The number of pyridine rings is 1. The topological polar surface area (TPSA) is 76.0 Å². The molecule has 0 aliphatic heterocycles. The normalized spacial score (nSPS) is 10.0. The summed E-state index contributed by atoms with van der Waals surface area (Å²) in [6.45, 7) is 0. The van der Waals surface area contributed by atoms with Crippen LogP contribution in [0.3, 0.4) is 0 Å². The molecule has 16 heavy (non-hydrogen) atoms. The highest BCUT2D eigenvalue weighted by molar-refractivity contribution is 5.69. The molecule has 0 fully saturated rings. The highest BCUT2D eigenvalue weighted by atomic mass is 16.4. The van der Waals surface area contributed by atoms with Crippen molar-refractivity contribution < 1.29 is 9.90 Å². The zero-order valence-electron chi connectivity index (χ0n) is 8.37. The SMILES string of the molecule is O=C(O)Cc1cncc(-c2ccncc2)n1. The zero-order valence-corrected chi connectivity index (χ0v) is 8.37. The minimum atomic E-state index is -0.916. The van der Waals surface area contributed by atoms with Crippen LogP contribution in [0.4, 0.5) is 0 Å². The summed E-state index contributed by atoms with van der Waals surface area (Å²) >= 11 is 0. The number of hydrogen-bond acceptors (Lipinski definition) is 4. The maximum atomic E-state index is 10.5. The number of carboxylic acids is 1. The van der Waals surface area contributed by atoms with E-state index in [9.17, 15) is 4.79 Å². The van der Waals surface area contributed by atoms with Gasteiger partial charge in [-0.3, -0.25) is 14.8 Å². The Kier molecular flexibility index (Phi) is 2.86. The van der Waals surface area contributed by atoms with E-state index in [1.165, 1.54) is 6.20 Å². The Morgan fingerprint density at radius 3 is 2.62 bits per heavy atom. The third-order valence-electron chi connectivity index (χ3n) is 1.99. The minimum Gasteiger partial charge on any atom is -0.481 e. The van der Waals surface area contributed by atoms with E-state index in [-0.39, 0.29) is 6.42 Å². The molecule has 5 nitrogen and oxygen atoms in total. The first-order valence-electron chi connectivity index (χ1n) is 4.69. The summed E-state index contributed by atoms with van der Waals surface area (Å²) in [7, 11) is 0. The molecule has 0 aromatic carbocycles. The van der Waals surface area contributed by atoms with Gasteiger partial charge in [-0.05, 0) is 12.1 Å². The smallest absolute Gasteiger partial charge is 0.309 e. The third kappa shape index (κ3) is 2.38. The number of aromatic nitrogens is 3. The fourth-order valence-electron chi connectivity index (χ4n) is 1.31. The molecule has 2 aromatic heterocycles. The molecule has 2 heterocycles. The van der Waals surface area contributed by atoms with Crippen molar-refractivity contribution in [1.82, 2.24) is 15.0 Å². The Balaban J connectivity index is 2.33. The maximum absolute atomic E-state index is 10.5. The van der Waals surface area contributed by atoms with E-state index in [0.717, 1.165) is 5.56 Å². The van der Waals surface area contributed by atoms with E-state index >= 15 is 0 Å². The minimum absolute atomic E-state index is 0.119. The van der Waals surface area contributed by atoms with Crippen molar-refractivity contribution in [3.63, 3.8) is 0 Å². The van der Waals surface area contributed by atoms with E-state index in [2.05, 4.69) is 15.0 Å². The Labute approximate surface area is 91.8 Å². The first kappa shape index (κ1) is 10.2.